The molecule has 6 nitrogen and oxygen atoms in total. The second-order valence-electron chi connectivity index (χ2n) is 7.19. The van der Waals surface area contributed by atoms with Crippen LogP contribution in [0.15, 0.2) is 42.5 Å². The summed E-state index contributed by atoms with van der Waals surface area (Å²) >= 11 is 0. The van der Waals surface area contributed by atoms with Crippen molar-refractivity contribution in [1.29, 1.82) is 0 Å². The van der Waals surface area contributed by atoms with E-state index in [1.54, 1.807) is 24.3 Å². The van der Waals surface area contributed by atoms with E-state index in [-0.39, 0.29) is 30.1 Å². The van der Waals surface area contributed by atoms with Gasteiger partial charge in [0.15, 0.2) is 11.5 Å². The molecule has 0 unspecified atom stereocenters. The zero-order valence-electron chi connectivity index (χ0n) is 15.5. The Labute approximate surface area is 158 Å². The molecule has 142 valence electrons. The van der Waals surface area contributed by atoms with Crippen molar-refractivity contribution in [2.45, 2.75) is 32.1 Å². The first-order valence-corrected chi connectivity index (χ1v) is 8.85. The minimum atomic E-state index is -0.977. The van der Waals surface area contributed by atoms with Gasteiger partial charge in [-0.3, -0.25) is 4.79 Å². The zero-order chi connectivity index (χ0) is 19.4. The monoisotopic (exact) mass is 369 g/mol. The third-order valence-electron chi connectivity index (χ3n) is 4.75. The maximum absolute atomic E-state index is 12.3. The Morgan fingerprint density at radius 2 is 1.85 bits per heavy atom. The number of fused-ring (bicyclic) bond motifs is 1. The lowest BCUT2D eigenvalue weighted by molar-refractivity contribution is -0.121. The van der Waals surface area contributed by atoms with Gasteiger partial charge in [-0.05, 0) is 35.7 Å². The van der Waals surface area contributed by atoms with Crippen LogP contribution in [0.3, 0.4) is 0 Å². The number of aromatic carboxylic acids is 1. The fourth-order valence-electron chi connectivity index (χ4n) is 3.02. The highest BCUT2D eigenvalue weighted by Gasteiger charge is 2.24. The maximum atomic E-state index is 12.3. The van der Waals surface area contributed by atoms with E-state index in [1.807, 2.05) is 32.0 Å². The molecule has 1 heterocycles. The SMILES string of the molecule is CC(C)(CNC(=O)CCc1ccccc1C(=O)O)c1ccc2c(c1)OCO2. The van der Waals surface area contributed by atoms with Crippen LogP contribution in [0.1, 0.15) is 41.8 Å². The van der Waals surface area contributed by atoms with Gasteiger partial charge in [0.25, 0.3) is 0 Å². The molecule has 0 bridgehead atoms. The molecule has 6 heteroatoms. The van der Waals surface area contributed by atoms with Crippen molar-refractivity contribution in [3.05, 3.63) is 59.2 Å². The minimum Gasteiger partial charge on any atom is -0.478 e. The fourth-order valence-corrected chi connectivity index (χ4v) is 3.02. The molecule has 0 aromatic heterocycles. The first kappa shape index (κ1) is 18.8. The molecule has 27 heavy (non-hydrogen) atoms. The molecule has 3 rings (SSSR count). The molecule has 1 aliphatic rings. The number of rotatable bonds is 7. The highest BCUT2D eigenvalue weighted by atomic mass is 16.7. The maximum Gasteiger partial charge on any atom is 0.335 e. The topological polar surface area (TPSA) is 84.9 Å². The molecule has 2 aromatic carbocycles. The van der Waals surface area contributed by atoms with E-state index in [0.717, 1.165) is 17.1 Å². The van der Waals surface area contributed by atoms with E-state index in [1.165, 1.54) is 0 Å². The number of carbonyl (C=O) groups is 2. The summed E-state index contributed by atoms with van der Waals surface area (Å²) in [6, 6.07) is 12.6. The quantitative estimate of drug-likeness (QED) is 0.783. The summed E-state index contributed by atoms with van der Waals surface area (Å²) in [6.45, 7) is 4.79. The predicted octanol–water partition coefficient (Wildman–Crippen LogP) is 3.14. The standard InChI is InChI=1S/C21H23NO5/c1-21(2,15-8-9-17-18(11-15)27-13-26-17)12-22-19(23)10-7-14-5-3-4-6-16(14)20(24)25/h3-6,8-9,11H,7,10,12-13H2,1-2H3,(H,22,23)(H,24,25). The zero-order valence-corrected chi connectivity index (χ0v) is 15.5. The Morgan fingerprint density at radius 3 is 2.63 bits per heavy atom. The van der Waals surface area contributed by atoms with Gasteiger partial charge < -0.3 is 19.9 Å². The summed E-state index contributed by atoms with van der Waals surface area (Å²) in [5.74, 6) is 0.367. The molecule has 0 fully saturated rings. The molecular weight excluding hydrogens is 346 g/mol. The van der Waals surface area contributed by atoms with E-state index in [2.05, 4.69) is 5.32 Å². The molecule has 0 saturated heterocycles. The van der Waals surface area contributed by atoms with Crippen molar-refractivity contribution in [3.8, 4) is 11.5 Å². The number of carbonyl (C=O) groups excluding carboxylic acids is 1. The third-order valence-corrected chi connectivity index (χ3v) is 4.75. The summed E-state index contributed by atoms with van der Waals surface area (Å²) in [5, 5.41) is 12.2. The molecule has 0 radical (unpaired) electrons. The van der Waals surface area contributed by atoms with Crippen molar-refractivity contribution in [2.75, 3.05) is 13.3 Å². The largest absolute Gasteiger partial charge is 0.478 e. The van der Waals surface area contributed by atoms with Crippen LogP contribution < -0.4 is 14.8 Å². The summed E-state index contributed by atoms with van der Waals surface area (Å²) in [6.07, 6.45) is 0.625. The summed E-state index contributed by atoms with van der Waals surface area (Å²) < 4.78 is 10.8. The Balaban J connectivity index is 1.56. The van der Waals surface area contributed by atoms with Crippen molar-refractivity contribution in [2.24, 2.45) is 0 Å². The number of aryl methyl sites for hydroxylation is 1. The number of amides is 1. The molecular formula is C21H23NO5. The van der Waals surface area contributed by atoms with Gasteiger partial charge in [-0.2, -0.15) is 0 Å². The van der Waals surface area contributed by atoms with E-state index >= 15 is 0 Å². The van der Waals surface area contributed by atoms with E-state index in [4.69, 9.17) is 9.47 Å². The van der Waals surface area contributed by atoms with Gasteiger partial charge >= 0.3 is 5.97 Å². The molecule has 0 spiro atoms. The van der Waals surface area contributed by atoms with Gasteiger partial charge in [-0.1, -0.05) is 38.1 Å². The smallest absolute Gasteiger partial charge is 0.335 e. The van der Waals surface area contributed by atoms with Gasteiger partial charge in [0.2, 0.25) is 12.7 Å². The highest BCUT2D eigenvalue weighted by Crippen LogP contribution is 2.36. The second kappa shape index (κ2) is 7.70. The molecule has 1 aliphatic heterocycles. The number of carboxylic acid groups (broad SMARTS) is 1. The Kier molecular flexibility index (Phi) is 5.35. The van der Waals surface area contributed by atoms with Gasteiger partial charge in [0, 0.05) is 18.4 Å². The molecule has 1 amide bonds. The normalized spacial score (nSPS) is 12.7. The van der Waals surface area contributed by atoms with Gasteiger partial charge in [-0.25, -0.2) is 4.79 Å². The Bertz CT molecular complexity index is 859. The van der Waals surface area contributed by atoms with Gasteiger partial charge in [-0.15, -0.1) is 0 Å². The highest BCUT2D eigenvalue weighted by molar-refractivity contribution is 5.89. The second-order valence-corrected chi connectivity index (χ2v) is 7.19. The summed E-state index contributed by atoms with van der Waals surface area (Å²) in [5.41, 5.74) is 1.67. The fraction of sp³-hybridized carbons (Fsp3) is 0.333. The molecule has 0 atom stereocenters. The van der Waals surface area contributed by atoms with Crippen molar-refractivity contribution in [1.82, 2.24) is 5.32 Å². The lowest BCUT2D eigenvalue weighted by Gasteiger charge is -2.26. The van der Waals surface area contributed by atoms with Crippen LogP contribution in [-0.2, 0) is 16.6 Å². The van der Waals surface area contributed by atoms with Crippen LogP contribution in [0.4, 0.5) is 0 Å². The lowest BCUT2D eigenvalue weighted by atomic mass is 9.84. The molecule has 0 saturated carbocycles. The average molecular weight is 369 g/mol. The van der Waals surface area contributed by atoms with Crippen molar-refractivity contribution >= 4 is 11.9 Å². The van der Waals surface area contributed by atoms with E-state index < -0.39 is 5.97 Å². The van der Waals surface area contributed by atoms with Crippen LogP contribution in [-0.4, -0.2) is 30.3 Å². The molecule has 2 aromatic rings. The Morgan fingerprint density at radius 1 is 1.11 bits per heavy atom. The molecule has 2 N–H and O–H groups in total. The number of hydrogen-bond acceptors (Lipinski definition) is 4. The average Bonchev–Trinajstić information content (AvgIpc) is 3.12. The van der Waals surface area contributed by atoms with Crippen LogP contribution in [0.2, 0.25) is 0 Å². The Hall–Kier alpha value is -3.02. The predicted molar refractivity (Wildman–Crippen MR) is 100 cm³/mol. The number of nitrogens with one attached hydrogen (secondary N) is 1. The summed E-state index contributed by atoms with van der Waals surface area (Å²) in [4.78, 5) is 23.5. The number of hydrogen-bond donors (Lipinski definition) is 2. The van der Waals surface area contributed by atoms with E-state index in [0.29, 0.717) is 18.5 Å². The molecule has 0 aliphatic carbocycles. The van der Waals surface area contributed by atoms with Crippen molar-refractivity contribution in [3.63, 3.8) is 0 Å². The first-order valence-electron chi connectivity index (χ1n) is 8.85. The number of ether oxygens (including phenoxy) is 2. The summed E-state index contributed by atoms with van der Waals surface area (Å²) in [7, 11) is 0. The van der Waals surface area contributed by atoms with Gasteiger partial charge in [0.05, 0.1) is 5.56 Å². The van der Waals surface area contributed by atoms with Crippen LogP contribution in [0.5, 0.6) is 11.5 Å². The third kappa shape index (κ3) is 4.39. The van der Waals surface area contributed by atoms with Crippen LogP contribution in [0.25, 0.3) is 0 Å². The number of benzene rings is 2. The lowest BCUT2D eigenvalue weighted by Crippen LogP contribution is -2.36. The van der Waals surface area contributed by atoms with Crippen LogP contribution >= 0.6 is 0 Å². The number of carboxylic acids is 1. The first-order chi connectivity index (χ1) is 12.9. The van der Waals surface area contributed by atoms with Crippen LogP contribution in [0, 0.1) is 0 Å². The van der Waals surface area contributed by atoms with Crippen molar-refractivity contribution < 1.29 is 24.2 Å². The van der Waals surface area contributed by atoms with Gasteiger partial charge in [0.1, 0.15) is 0 Å². The minimum absolute atomic E-state index is 0.107. The van der Waals surface area contributed by atoms with E-state index in [9.17, 15) is 14.7 Å².